The van der Waals surface area contributed by atoms with Gasteiger partial charge in [-0.25, -0.2) is 9.97 Å². The molecule has 0 bridgehead atoms. The topological polar surface area (TPSA) is 37.8 Å². The lowest BCUT2D eigenvalue weighted by atomic mass is 10.1. The molecule has 1 N–H and O–H groups in total. The van der Waals surface area contributed by atoms with Crippen LogP contribution in [-0.2, 0) is 6.42 Å². The standard InChI is InChI=1S/C16H27N3S2/c1-5-8-17-15-12(6-2)11(4)18-16(19-15)14-13(7-3)20-9-10-21-14/h13-14H,5-10H2,1-4H3,(H,17,18,19). The average molecular weight is 326 g/mol. The summed E-state index contributed by atoms with van der Waals surface area (Å²) in [4.78, 5) is 9.76. The van der Waals surface area contributed by atoms with E-state index in [4.69, 9.17) is 9.97 Å². The van der Waals surface area contributed by atoms with Gasteiger partial charge in [0, 0.05) is 34.6 Å². The van der Waals surface area contributed by atoms with Crippen molar-refractivity contribution in [3.8, 4) is 0 Å². The Labute approximate surface area is 137 Å². The van der Waals surface area contributed by atoms with Crippen LogP contribution in [-0.4, -0.2) is 33.3 Å². The van der Waals surface area contributed by atoms with Crippen molar-refractivity contribution in [3.63, 3.8) is 0 Å². The van der Waals surface area contributed by atoms with Gasteiger partial charge in [0.2, 0.25) is 0 Å². The zero-order valence-electron chi connectivity index (χ0n) is 13.6. The lowest BCUT2D eigenvalue weighted by molar-refractivity contribution is 0.741. The smallest absolute Gasteiger partial charge is 0.145 e. The Bertz CT molecular complexity index is 465. The monoisotopic (exact) mass is 325 g/mol. The van der Waals surface area contributed by atoms with Crippen LogP contribution in [0.4, 0.5) is 5.82 Å². The molecule has 2 unspecified atom stereocenters. The van der Waals surface area contributed by atoms with Gasteiger partial charge >= 0.3 is 0 Å². The van der Waals surface area contributed by atoms with Gasteiger partial charge in [0.25, 0.3) is 0 Å². The molecule has 1 aliphatic heterocycles. The minimum atomic E-state index is 0.445. The van der Waals surface area contributed by atoms with Crippen LogP contribution in [0, 0.1) is 6.92 Å². The maximum Gasteiger partial charge on any atom is 0.145 e. The number of nitrogens with one attached hydrogen (secondary N) is 1. The number of hydrogen-bond donors (Lipinski definition) is 1. The molecule has 118 valence electrons. The van der Waals surface area contributed by atoms with Gasteiger partial charge in [-0.15, -0.1) is 11.8 Å². The summed E-state index contributed by atoms with van der Waals surface area (Å²) in [5, 5.41) is 4.59. The second-order valence-electron chi connectivity index (χ2n) is 5.38. The second-order valence-corrected chi connectivity index (χ2v) is 7.98. The Morgan fingerprint density at radius 2 is 1.90 bits per heavy atom. The number of rotatable bonds is 6. The quantitative estimate of drug-likeness (QED) is 0.835. The first-order valence-corrected chi connectivity index (χ1v) is 10.1. The van der Waals surface area contributed by atoms with Gasteiger partial charge in [0.15, 0.2) is 0 Å². The molecule has 0 saturated carbocycles. The fraction of sp³-hybridized carbons (Fsp3) is 0.750. The van der Waals surface area contributed by atoms with E-state index in [0.29, 0.717) is 10.5 Å². The first kappa shape index (κ1) is 16.9. The van der Waals surface area contributed by atoms with E-state index in [9.17, 15) is 0 Å². The summed E-state index contributed by atoms with van der Waals surface area (Å²) in [6, 6.07) is 0. The normalized spacial score (nSPS) is 22.3. The number of aromatic nitrogens is 2. The van der Waals surface area contributed by atoms with Crippen molar-refractivity contribution in [1.82, 2.24) is 9.97 Å². The molecule has 5 heteroatoms. The fourth-order valence-corrected chi connectivity index (χ4v) is 5.69. The lowest BCUT2D eigenvalue weighted by Crippen LogP contribution is -2.22. The molecule has 1 aromatic heterocycles. The molecule has 3 nitrogen and oxygen atoms in total. The summed E-state index contributed by atoms with van der Waals surface area (Å²) >= 11 is 4.11. The first-order chi connectivity index (χ1) is 10.2. The predicted octanol–water partition coefficient (Wildman–Crippen LogP) is 4.47. The Morgan fingerprint density at radius 1 is 1.14 bits per heavy atom. The summed E-state index contributed by atoms with van der Waals surface area (Å²) in [6.07, 6.45) is 3.30. The van der Waals surface area contributed by atoms with Crippen LogP contribution in [0.15, 0.2) is 0 Å². The minimum Gasteiger partial charge on any atom is -0.370 e. The van der Waals surface area contributed by atoms with Gasteiger partial charge in [-0.1, -0.05) is 20.8 Å². The van der Waals surface area contributed by atoms with Crippen LogP contribution >= 0.6 is 23.5 Å². The maximum atomic E-state index is 4.91. The molecule has 0 aliphatic carbocycles. The van der Waals surface area contributed by atoms with Crippen LogP contribution in [0.1, 0.15) is 55.9 Å². The highest BCUT2D eigenvalue weighted by molar-refractivity contribution is 8.06. The van der Waals surface area contributed by atoms with Crippen molar-refractivity contribution in [1.29, 1.82) is 0 Å². The number of thioether (sulfide) groups is 2. The highest BCUT2D eigenvalue weighted by Crippen LogP contribution is 2.43. The highest BCUT2D eigenvalue weighted by atomic mass is 32.2. The molecule has 1 aromatic rings. The zero-order valence-corrected chi connectivity index (χ0v) is 15.2. The molecule has 0 amide bonds. The Kier molecular flexibility index (Phi) is 6.68. The predicted molar refractivity (Wildman–Crippen MR) is 96.7 cm³/mol. The van der Waals surface area contributed by atoms with Crippen LogP contribution in [0.25, 0.3) is 0 Å². The minimum absolute atomic E-state index is 0.445. The Morgan fingerprint density at radius 3 is 2.57 bits per heavy atom. The lowest BCUT2D eigenvalue weighted by Gasteiger charge is -2.29. The van der Waals surface area contributed by atoms with E-state index in [1.165, 1.54) is 23.5 Å². The van der Waals surface area contributed by atoms with Gasteiger partial charge in [0.1, 0.15) is 11.6 Å². The second kappa shape index (κ2) is 8.28. The first-order valence-electron chi connectivity index (χ1n) is 8.05. The van der Waals surface area contributed by atoms with Crippen molar-refractivity contribution >= 4 is 29.3 Å². The van der Waals surface area contributed by atoms with Gasteiger partial charge in [-0.3, -0.25) is 0 Å². The van der Waals surface area contributed by atoms with E-state index in [0.717, 1.165) is 36.7 Å². The van der Waals surface area contributed by atoms with Gasteiger partial charge in [-0.05, 0) is 26.2 Å². The molecule has 2 heterocycles. The molecule has 0 aromatic carbocycles. The third-order valence-electron chi connectivity index (χ3n) is 3.83. The Hall–Kier alpha value is -0.420. The van der Waals surface area contributed by atoms with Crippen molar-refractivity contribution in [2.75, 3.05) is 23.4 Å². The van der Waals surface area contributed by atoms with Crippen LogP contribution in [0.5, 0.6) is 0 Å². The number of aryl methyl sites for hydroxylation is 1. The van der Waals surface area contributed by atoms with Crippen molar-refractivity contribution in [2.24, 2.45) is 0 Å². The zero-order chi connectivity index (χ0) is 15.2. The molecule has 1 fully saturated rings. The third kappa shape index (κ3) is 4.07. The van der Waals surface area contributed by atoms with E-state index in [1.54, 1.807) is 0 Å². The molecule has 1 saturated heterocycles. The van der Waals surface area contributed by atoms with E-state index < -0.39 is 0 Å². The van der Waals surface area contributed by atoms with E-state index in [-0.39, 0.29) is 0 Å². The molecule has 1 aliphatic rings. The van der Waals surface area contributed by atoms with E-state index in [2.05, 4.69) is 44.8 Å². The fourth-order valence-electron chi connectivity index (χ4n) is 2.70. The number of anilines is 1. The summed E-state index contributed by atoms with van der Waals surface area (Å²) in [6.45, 7) is 9.76. The molecular formula is C16H27N3S2. The number of nitrogens with zero attached hydrogens (tertiary/aromatic N) is 2. The molecule has 0 spiro atoms. The SMILES string of the molecule is CCCNc1nc(C2SCCSC2CC)nc(C)c1CC. The molecule has 21 heavy (non-hydrogen) atoms. The van der Waals surface area contributed by atoms with Gasteiger partial charge < -0.3 is 5.32 Å². The number of hydrogen-bond acceptors (Lipinski definition) is 5. The largest absolute Gasteiger partial charge is 0.370 e. The maximum absolute atomic E-state index is 4.91. The van der Waals surface area contributed by atoms with Gasteiger partial charge in [0.05, 0.1) is 5.25 Å². The molecule has 2 rings (SSSR count). The van der Waals surface area contributed by atoms with Gasteiger partial charge in [-0.2, -0.15) is 11.8 Å². The van der Waals surface area contributed by atoms with Crippen molar-refractivity contribution < 1.29 is 0 Å². The summed E-state index contributed by atoms with van der Waals surface area (Å²) in [5.74, 6) is 4.56. The van der Waals surface area contributed by atoms with Crippen molar-refractivity contribution in [3.05, 3.63) is 17.1 Å². The molecule has 0 radical (unpaired) electrons. The summed E-state index contributed by atoms with van der Waals surface area (Å²) in [7, 11) is 0. The summed E-state index contributed by atoms with van der Waals surface area (Å²) < 4.78 is 0. The van der Waals surface area contributed by atoms with Crippen LogP contribution in [0.2, 0.25) is 0 Å². The highest BCUT2D eigenvalue weighted by Gasteiger charge is 2.29. The van der Waals surface area contributed by atoms with E-state index >= 15 is 0 Å². The third-order valence-corrected chi connectivity index (χ3v) is 7.08. The van der Waals surface area contributed by atoms with Crippen LogP contribution in [0.3, 0.4) is 0 Å². The molecule has 2 atom stereocenters. The Balaban J connectivity index is 2.32. The molecular weight excluding hydrogens is 298 g/mol. The summed E-state index contributed by atoms with van der Waals surface area (Å²) in [5.41, 5.74) is 2.42. The van der Waals surface area contributed by atoms with Crippen molar-refractivity contribution in [2.45, 2.75) is 57.5 Å². The van der Waals surface area contributed by atoms with Crippen LogP contribution < -0.4 is 5.32 Å². The average Bonchev–Trinajstić information content (AvgIpc) is 2.52. The van der Waals surface area contributed by atoms with E-state index in [1.807, 2.05) is 11.8 Å².